The minimum Gasteiger partial charge on any atom is -0.310 e. The topological polar surface area (TPSA) is 29.2 Å². The Morgan fingerprint density at radius 3 is 0.973 bits per heavy atom. The highest BCUT2D eigenvalue weighted by atomic mass is 15.2. The Labute approximate surface area is 691 Å². The maximum Gasteiger partial charge on any atom is 0.252 e. The molecule has 0 spiro atoms. The van der Waals surface area contributed by atoms with E-state index in [9.17, 15) is 21.9 Å². The van der Waals surface area contributed by atoms with Crippen LogP contribution in [0.1, 0.15) is 180 Å². The zero-order chi connectivity index (χ0) is 92.7. The van der Waals surface area contributed by atoms with Gasteiger partial charge >= 0.3 is 0 Å². The molecule has 2 aliphatic rings. The van der Waals surface area contributed by atoms with Gasteiger partial charge in [-0.25, -0.2) is 0 Å². The van der Waals surface area contributed by atoms with Gasteiger partial charge < -0.3 is 18.9 Å². The average Bonchev–Trinajstić information content (AvgIpc) is 1.46. The van der Waals surface area contributed by atoms with Crippen LogP contribution in [-0.4, -0.2) is 20.8 Å². The molecule has 0 atom stereocenters. The second-order valence-electron chi connectivity index (χ2n) is 36.9. The first-order chi connectivity index (χ1) is 60.5. The molecule has 0 amide bonds. The summed E-state index contributed by atoms with van der Waals surface area (Å²) in [6.45, 7) is 39.0. The van der Waals surface area contributed by atoms with Gasteiger partial charge in [-0.2, -0.15) is 0 Å². The molecule has 0 bridgehead atoms. The van der Waals surface area contributed by atoms with E-state index < -0.39 is 136 Å². The van der Waals surface area contributed by atoms with Gasteiger partial charge in [0.15, 0.2) is 0 Å². The molecule has 6 heteroatoms. The van der Waals surface area contributed by atoms with Gasteiger partial charge in [0.05, 0.1) is 61.1 Å². The van der Waals surface area contributed by atoms with Crippen LogP contribution in [0.25, 0.3) is 111 Å². The molecule has 0 radical (unpaired) electrons. The molecule has 558 valence electrons. The number of fused-ring (bicyclic) bond motifs is 10. The molecule has 5 heterocycles. The zero-order valence-corrected chi connectivity index (χ0v) is 67.8. The second kappa shape index (κ2) is 26.5. The summed E-state index contributed by atoms with van der Waals surface area (Å²) in [6, 6.07) is 59.9. The van der Waals surface area contributed by atoms with Crippen molar-refractivity contribution in [2.24, 2.45) is 0 Å². The molecule has 16 aromatic rings. The van der Waals surface area contributed by atoms with E-state index in [4.69, 9.17) is 4.98 Å². The number of hydrogen-bond acceptors (Lipinski definition) is 3. The Balaban J connectivity index is 1.13. The van der Waals surface area contributed by atoms with Gasteiger partial charge in [0.2, 0.25) is 0 Å². The lowest BCUT2D eigenvalue weighted by atomic mass is 9.33. The minimum absolute atomic E-state index is 0.0560. The van der Waals surface area contributed by atoms with E-state index in [0.717, 1.165) is 123 Å². The van der Waals surface area contributed by atoms with E-state index in [0.29, 0.717) is 28.4 Å². The Hall–Kier alpha value is -11.7. The van der Waals surface area contributed by atoms with Gasteiger partial charge in [0.25, 0.3) is 6.71 Å². The molecule has 0 fully saturated rings. The molecule has 3 aromatic heterocycles. The smallest absolute Gasteiger partial charge is 0.252 e. The molecule has 0 saturated carbocycles. The number of anilines is 6. The molecule has 2 aliphatic heterocycles. The summed E-state index contributed by atoms with van der Waals surface area (Å²) in [5.41, 5.74) is 18.5. The van der Waals surface area contributed by atoms with E-state index in [1.54, 1.807) is 9.13 Å². The maximum atomic E-state index is 10.1. The highest BCUT2D eigenvalue weighted by molar-refractivity contribution is 7.00. The third-order valence-corrected chi connectivity index (χ3v) is 22.9. The largest absolute Gasteiger partial charge is 0.310 e. The second-order valence-corrected chi connectivity index (χ2v) is 36.9. The van der Waals surface area contributed by atoms with Crippen molar-refractivity contribution in [1.82, 2.24) is 14.1 Å². The van der Waals surface area contributed by atoms with Crippen molar-refractivity contribution >= 4 is 101 Å². The van der Waals surface area contributed by atoms with E-state index in [-0.39, 0.29) is 43.6 Å². The highest BCUT2D eigenvalue weighted by Crippen LogP contribution is 2.57. The molecule has 0 N–H and O–H groups in total. The summed E-state index contributed by atoms with van der Waals surface area (Å²) in [4.78, 5) is 10.6. The summed E-state index contributed by atoms with van der Waals surface area (Å²) in [7, 11) is 0. The van der Waals surface area contributed by atoms with Crippen LogP contribution in [0.5, 0.6) is 0 Å². The number of hydrogen-bond donors (Lipinski definition) is 0. The van der Waals surface area contributed by atoms with E-state index in [1.807, 2.05) is 78.9 Å². The van der Waals surface area contributed by atoms with Gasteiger partial charge in [0, 0.05) is 100 Å². The fourth-order valence-electron chi connectivity index (χ4n) is 16.9. The van der Waals surface area contributed by atoms with E-state index in [2.05, 4.69) is 250 Å². The van der Waals surface area contributed by atoms with Gasteiger partial charge in [-0.3, -0.25) is 4.98 Å². The fourth-order valence-corrected chi connectivity index (χ4v) is 16.9. The normalized spacial score (nSPS) is 15.3. The van der Waals surface area contributed by atoms with Gasteiger partial charge in [-0.1, -0.05) is 325 Å². The van der Waals surface area contributed by atoms with Crippen molar-refractivity contribution in [3.8, 4) is 67.0 Å². The minimum atomic E-state index is -0.833. The third-order valence-electron chi connectivity index (χ3n) is 22.9. The molecule has 0 saturated heterocycles. The molecule has 13 aromatic carbocycles. The summed E-state index contributed by atoms with van der Waals surface area (Å²) in [5.74, 6) is 0. The number of benzene rings is 13. The Morgan fingerprint density at radius 2 is 0.619 bits per heavy atom. The molecular weight excluding hydrogens is 1370 g/mol. The molecule has 18 rings (SSSR count). The quantitative estimate of drug-likeness (QED) is 0.135. The standard InChI is InChI=1S/C107H102BN5/c1-102(2,3)72-56-70(57-73(60-72)103(4,5)6)71-58-95-98-96(59-71)113(100-85(69-40-26-21-27-41-69)63-75(105(10,11)12)64-86(100)82-52-55-97(106(13,14)15)109-101(82)107(16,17)18)94-66-77(111-91-48-34-30-44-80(91)81-45-31-35-49-92(81)111)51-54-88(94)108(98)87-53-50-76(110-89-46-32-28-42-78(89)79-43-29-33-47-90(79)110)65-93(87)112(95)99-83(67-36-22-19-23-37-67)61-74(104(7,8)9)62-84(99)68-38-24-20-25-39-68/h19-66H,1-18H3/i28D,29D,30D,31D,32D,33D,34D,35D,42D,43D,44D,45D,46D,47D,48D,49D. The van der Waals surface area contributed by atoms with Crippen LogP contribution in [0, 0.1) is 0 Å². The number of aromatic nitrogens is 3. The lowest BCUT2D eigenvalue weighted by molar-refractivity contribution is 0.532. The summed E-state index contributed by atoms with van der Waals surface area (Å²) in [5, 5.41) is -0.315. The van der Waals surface area contributed by atoms with E-state index >= 15 is 0 Å². The molecule has 0 unspecified atom stereocenters. The summed E-state index contributed by atoms with van der Waals surface area (Å²) >= 11 is 0. The monoisotopic (exact) mass is 1480 g/mol. The zero-order valence-electron chi connectivity index (χ0n) is 83.8. The van der Waals surface area contributed by atoms with Crippen LogP contribution in [-0.2, 0) is 32.5 Å². The first-order valence-electron chi connectivity index (χ1n) is 47.3. The third kappa shape index (κ3) is 12.4. The molecule has 0 aliphatic carbocycles. The molecule has 113 heavy (non-hydrogen) atoms. The van der Waals surface area contributed by atoms with Crippen LogP contribution >= 0.6 is 0 Å². The molecular formula is C107H102BN5. The summed E-state index contributed by atoms with van der Waals surface area (Å²) < 4.78 is 157. The van der Waals surface area contributed by atoms with Crippen molar-refractivity contribution in [3.63, 3.8) is 0 Å². The number of para-hydroxylation sites is 4. The number of nitrogens with zero attached hydrogens (tertiary/aromatic N) is 5. The fraction of sp³-hybridized carbons (Fsp3) is 0.224. The van der Waals surface area contributed by atoms with Crippen molar-refractivity contribution in [1.29, 1.82) is 0 Å². The SMILES string of the molecule is [2H]c1c([2H])c([2H])c2c(c1[2H])c1c([2H])c([2H])c([2H])c([2H])c1n2-c1ccc2c(c1)N(c1c(-c3ccccc3)cc(C(C)(C)C)cc1-c1ccccc1)c1cc(-c3cc(C(C)(C)C)cc(C(C)(C)C)c3)cc3c1B2c1ccc(-n2c4c([2H])c([2H])c([2H])c([2H])c4c4c([2H])c([2H])c([2H])c([2H])c42)cc1N3c1c(-c2ccccc2)cc(C(C)(C)C)cc1-c1ccc(C(C)(C)C)nc1C(C)(C)C. The van der Waals surface area contributed by atoms with Gasteiger partial charge in [-0.05, 0) is 179 Å². The first-order valence-corrected chi connectivity index (χ1v) is 39.3. The first kappa shape index (κ1) is 56.5. The Kier molecular flexibility index (Phi) is 13.2. The van der Waals surface area contributed by atoms with Crippen LogP contribution in [0.3, 0.4) is 0 Å². The predicted molar refractivity (Wildman–Crippen MR) is 486 cm³/mol. The number of rotatable bonds is 9. The predicted octanol–water partition coefficient (Wildman–Crippen LogP) is 27.5. The lowest BCUT2D eigenvalue weighted by Gasteiger charge is -2.46. The lowest BCUT2D eigenvalue weighted by Crippen LogP contribution is -2.61. The van der Waals surface area contributed by atoms with Crippen molar-refractivity contribution in [2.75, 3.05) is 9.80 Å². The van der Waals surface area contributed by atoms with Crippen LogP contribution < -0.4 is 26.2 Å². The van der Waals surface area contributed by atoms with Gasteiger partial charge in [0.1, 0.15) is 0 Å². The summed E-state index contributed by atoms with van der Waals surface area (Å²) in [6.07, 6.45) is 0. The molecule has 5 nitrogen and oxygen atoms in total. The average molecular weight is 1480 g/mol. The van der Waals surface area contributed by atoms with Gasteiger partial charge in [-0.15, -0.1) is 0 Å². The highest BCUT2D eigenvalue weighted by Gasteiger charge is 2.47. The van der Waals surface area contributed by atoms with Crippen molar-refractivity contribution in [2.45, 2.75) is 157 Å². The van der Waals surface area contributed by atoms with Crippen LogP contribution in [0.4, 0.5) is 34.1 Å². The number of pyridine rings is 1. The Morgan fingerprint density at radius 1 is 0.283 bits per heavy atom. The van der Waals surface area contributed by atoms with Crippen molar-refractivity contribution in [3.05, 3.63) is 324 Å². The maximum absolute atomic E-state index is 10.1. The van der Waals surface area contributed by atoms with Crippen molar-refractivity contribution < 1.29 is 21.9 Å². The van der Waals surface area contributed by atoms with Crippen LogP contribution in [0.15, 0.2) is 291 Å². The van der Waals surface area contributed by atoms with E-state index in [1.165, 1.54) is 0 Å². The Bertz CT molecular complexity index is 7250. The van der Waals surface area contributed by atoms with Crippen LogP contribution in [0.2, 0.25) is 0 Å².